The number of piperazine rings is 1. The molecular weight excluding hydrogens is 292 g/mol. The van der Waals surface area contributed by atoms with Crippen molar-refractivity contribution in [2.45, 2.75) is 77.3 Å². The Morgan fingerprint density at radius 2 is 1.82 bits per heavy atom. The van der Waals surface area contributed by atoms with Crippen molar-refractivity contribution in [3.8, 4) is 0 Å². The maximum absolute atomic E-state index is 12.9. The minimum atomic E-state index is 0.312. The first-order valence-electron chi connectivity index (χ1n) is 9.09. The highest BCUT2D eigenvalue weighted by molar-refractivity contribution is 7.99. The molecule has 3 heterocycles. The van der Waals surface area contributed by atoms with Crippen LogP contribution in [0.15, 0.2) is 0 Å². The van der Waals surface area contributed by atoms with E-state index >= 15 is 0 Å². The van der Waals surface area contributed by atoms with E-state index in [2.05, 4.69) is 37.5 Å². The van der Waals surface area contributed by atoms with Crippen LogP contribution in [0, 0.1) is 11.3 Å². The average molecular weight is 325 g/mol. The summed E-state index contributed by atoms with van der Waals surface area (Å²) in [6.07, 6.45) is 5.87. The first-order valence-corrected chi connectivity index (χ1v) is 10.1. The van der Waals surface area contributed by atoms with Gasteiger partial charge in [0.15, 0.2) is 0 Å². The molecule has 0 aromatic heterocycles. The number of carbonyl (C=O) groups is 1. The van der Waals surface area contributed by atoms with Gasteiger partial charge in [0.05, 0.1) is 5.37 Å². The van der Waals surface area contributed by atoms with Crippen molar-refractivity contribution in [2.24, 2.45) is 11.3 Å². The molecule has 3 aliphatic heterocycles. The fourth-order valence-corrected chi connectivity index (χ4v) is 5.37. The topological polar surface area (TPSA) is 23.6 Å². The Morgan fingerprint density at radius 1 is 1.23 bits per heavy atom. The summed E-state index contributed by atoms with van der Waals surface area (Å²) in [5.74, 6) is 1.97. The lowest BCUT2D eigenvalue weighted by atomic mass is 9.72. The third-order valence-corrected chi connectivity index (χ3v) is 7.20. The van der Waals surface area contributed by atoms with Crippen LogP contribution in [-0.2, 0) is 4.79 Å². The number of hydrogen-bond donors (Lipinski definition) is 0. The number of rotatable bonds is 4. The molecule has 0 N–H and O–H groups in total. The number of nitrogens with zero attached hydrogens (tertiary/aromatic N) is 2. The number of fused-ring (bicyclic) bond motifs is 2. The maximum atomic E-state index is 12.9. The van der Waals surface area contributed by atoms with E-state index in [1.165, 1.54) is 25.0 Å². The number of carbonyl (C=O) groups excluding carboxylic acids is 1. The monoisotopic (exact) mass is 324 g/mol. The van der Waals surface area contributed by atoms with Crippen LogP contribution < -0.4 is 0 Å². The summed E-state index contributed by atoms with van der Waals surface area (Å²) in [5.41, 5.74) is 0.450. The maximum Gasteiger partial charge on any atom is 0.226 e. The SMILES string of the molecule is CCSC(C)N1CC2CC(C1)N2C(=O)C1CCC(C)(C)CC1. The van der Waals surface area contributed by atoms with Crippen molar-refractivity contribution in [1.82, 2.24) is 9.80 Å². The van der Waals surface area contributed by atoms with E-state index in [4.69, 9.17) is 0 Å². The van der Waals surface area contributed by atoms with Crippen LogP contribution in [0.4, 0.5) is 0 Å². The van der Waals surface area contributed by atoms with Gasteiger partial charge in [-0.05, 0) is 50.2 Å². The van der Waals surface area contributed by atoms with Gasteiger partial charge in [-0.2, -0.15) is 0 Å². The normalized spacial score (nSPS) is 33.4. The zero-order valence-corrected chi connectivity index (χ0v) is 15.5. The van der Waals surface area contributed by atoms with Crippen molar-refractivity contribution >= 4 is 17.7 Å². The van der Waals surface area contributed by atoms with Gasteiger partial charge in [-0.25, -0.2) is 0 Å². The molecule has 4 rings (SSSR count). The highest BCUT2D eigenvalue weighted by Crippen LogP contribution is 2.42. The van der Waals surface area contributed by atoms with Crippen molar-refractivity contribution in [2.75, 3.05) is 18.8 Å². The fraction of sp³-hybridized carbons (Fsp3) is 0.944. The van der Waals surface area contributed by atoms with Crippen LogP contribution in [0.3, 0.4) is 0 Å². The molecule has 4 heteroatoms. The van der Waals surface area contributed by atoms with Crippen LogP contribution in [0.2, 0.25) is 0 Å². The Labute approximate surface area is 140 Å². The summed E-state index contributed by atoms with van der Waals surface area (Å²) in [6, 6.07) is 1.00. The molecule has 4 fully saturated rings. The fourth-order valence-electron chi connectivity index (χ4n) is 4.50. The molecule has 3 saturated heterocycles. The number of hydrogen-bond acceptors (Lipinski definition) is 3. The van der Waals surface area contributed by atoms with Crippen molar-refractivity contribution in [3.05, 3.63) is 0 Å². The Balaban J connectivity index is 1.54. The highest BCUT2D eigenvalue weighted by Gasteiger charge is 2.49. The molecule has 1 saturated carbocycles. The van der Waals surface area contributed by atoms with Gasteiger partial charge in [0, 0.05) is 31.1 Å². The third-order valence-electron chi connectivity index (χ3n) is 6.09. The van der Waals surface area contributed by atoms with Crippen LogP contribution in [0.25, 0.3) is 0 Å². The lowest BCUT2D eigenvalue weighted by Gasteiger charge is -2.58. The Morgan fingerprint density at radius 3 is 2.36 bits per heavy atom. The molecule has 0 radical (unpaired) electrons. The molecule has 126 valence electrons. The van der Waals surface area contributed by atoms with Gasteiger partial charge in [-0.1, -0.05) is 20.8 Å². The van der Waals surface area contributed by atoms with Crippen LogP contribution in [-0.4, -0.2) is 52.0 Å². The lowest BCUT2D eigenvalue weighted by molar-refractivity contribution is -0.160. The minimum absolute atomic E-state index is 0.312. The summed E-state index contributed by atoms with van der Waals surface area (Å²) < 4.78 is 0. The van der Waals surface area contributed by atoms with Gasteiger partial charge in [0.2, 0.25) is 5.91 Å². The Bertz CT molecular complexity index is 403. The molecule has 3 nitrogen and oxygen atoms in total. The largest absolute Gasteiger partial charge is 0.334 e. The van der Waals surface area contributed by atoms with Gasteiger partial charge in [-0.15, -0.1) is 11.8 Å². The van der Waals surface area contributed by atoms with E-state index in [1.54, 1.807) is 0 Å². The first-order chi connectivity index (χ1) is 10.4. The molecule has 2 bridgehead atoms. The molecule has 3 unspecified atom stereocenters. The summed E-state index contributed by atoms with van der Waals surface area (Å²) in [7, 11) is 0. The predicted octanol–water partition coefficient (Wildman–Crippen LogP) is 3.59. The summed E-state index contributed by atoms with van der Waals surface area (Å²) >= 11 is 2.02. The second-order valence-electron chi connectivity index (χ2n) is 8.24. The van der Waals surface area contributed by atoms with Crippen molar-refractivity contribution in [1.29, 1.82) is 0 Å². The smallest absolute Gasteiger partial charge is 0.226 e. The molecule has 1 aliphatic carbocycles. The summed E-state index contributed by atoms with van der Waals surface area (Å²) in [4.78, 5) is 17.8. The molecule has 0 aromatic carbocycles. The van der Waals surface area contributed by atoms with Crippen LogP contribution >= 0.6 is 11.8 Å². The second kappa shape index (κ2) is 6.35. The Hall–Kier alpha value is -0.220. The minimum Gasteiger partial charge on any atom is -0.334 e. The number of thioether (sulfide) groups is 1. The van der Waals surface area contributed by atoms with E-state index in [0.29, 0.717) is 34.7 Å². The van der Waals surface area contributed by atoms with E-state index < -0.39 is 0 Å². The molecule has 3 atom stereocenters. The molecule has 4 aliphatic rings. The van der Waals surface area contributed by atoms with E-state index in [-0.39, 0.29) is 0 Å². The zero-order chi connectivity index (χ0) is 15.9. The predicted molar refractivity (Wildman–Crippen MR) is 93.9 cm³/mol. The van der Waals surface area contributed by atoms with E-state index in [1.807, 2.05) is 11.8 Å². The third kappa shape index (κ3) is 3.19. The van der Waals surface area contributed by atoms with Crippen LogP contribution in [0.1, 0.15) is 59.8 Å². The summed E-state index contributed by atoms with van der Waals surface area (Å²) in [6.45, 7) is 11.4. The highest BCUT2D eigenvalue weighted by atomic mass is 32.2. The zero-order valence-electron chi connectivity index (χ0n) is 14.7. The van der Waals surface area contributed by atoms with Gasteiger partial charge in [0.25, 0.3) is 0 Å². The van der Waals surface area contributed by atoms with Crippen molar-refractivity contribution in [3.63, 3.8) is 0 Å². The quantitative estimate of drug-likeness (QED) is 0.789. The van der Waals surface area contributed by atoms with Gasteiger partial charge < -0.3 is 4.90 Å². The molecular formula is C18H32N2OS. The second-order valence-corrected chi connectivity index (χ2v) is 9.83. The first kappa shape index (κ1) is 16.6. The van der Waals surface area contributed by atoms with E-state index in [0.717, 1.165) is 25.9 Å². The molecule has 1 amide bonds. The van der Waals surface area contributed by atoms with E-state index in [9.17, 15) is 4.79 Å². The van der Waals surface area contributed by atoms with Crippen molar-refractivity contribution < 1.29 is 4.79 Å². The lowest BCUT2D eigenvalue weighted by Crippen LogP contribution is -2.71. The van der Waals surface area contributed by atoms with Gasteiger partial charge in [0.1, 0.15) is 0 Å². The molecule has 0 aromatic rings. The van der Waals surface area contributed by atoms with Gasteiger partial charge >= 0.3 is 0 Å². The standard InChI is InChI=1S/C18H32N2OS/c1-5-22-13(2)19-11-15-10-16(12-19)20(15)17(21)14-6-8-18(3,4)9-7-14/h13-16H,5-12H2,1-4H3. The van der Waals surface area contributed by atoms with Gasteiger partial charge in [-0.3, -0.25) is 9.69 Å². The molecule has 0 spiro atoms. The molecule has 22 heavy (non-hydrogen) atoms. The average Bonchev–Trinajstić information content (AvgIpc) is 2.47. The number of piperidine rings is 1. The Kier molecular flexibility index (Phi) is 4.80. The summed E-state index contributed by atoms with van der Waals surface area (Å²) in [5, 5.41) is 0.600. The number of amides is 1. The van der Waals surface area contributed by atoms with Crippen LogP contribution in [0.5, 0.6) is 0 Å².